The largest absolute Gasteiger partial charge is 0.449 e. The van der Waals surface area contributed by atoms with Crippen LogP contribution in [-0.2, 0) is 4.74 Å². The average molecular weight is 229 g/mol. The van der Waals surface area contributed by atoms with Gasteiger partial charge in [0.2, 0.25) is 0 Å². The topological polar surface area (TPSA) is 31.2 Å². The van der Waals surface area contributed by atoms with Gasteiger partial charge in [-0.25, -0.2) is 9.36 Å². The highest BCUT2D eigenvalue weighted by atomic mass is 16.5. The van der Waals surface area contributed by atoms with Gasteiger partial charge in [0.25, 0.3) is 0 Å². The van der Waals surface area contributed by atoms with Gasteiger partial charge >= 0.3 is 6.09 Å². The van der Waals surface area contributed by atoms with Crippen molar-refractivity contribution in [2.24, 2.45) is 0 Å². The van der Waals surface area contributed by atoms with E-state index in [4.69, 9.17) is 4.74 Å². The zero-order chi connectivity index (χ0) is 12.3. The molecule has 0 aliphatic rings. The molecule has 2 aromatic rings. The molecule has 88 valence electrons. The third kappa shape index (κ3) is 2.23. The molecule has 0 radical (unpaired) electrons. The van der Waals surface area contributed by atoms with Crippen molar-refractivity contribution in [2.75, 3.05) is 6.61 Å². The lowest BCUT2D eigenvalue weighted by Gasteiger charge is -2.09. The Balaban J connectivity index is 2.46. The Morgan fingerprint density at radius 2 is 1.88 bits per heavy atom. The molecule has 0 spiro atoms. The highest BCUT2D eigenvalue weighted by molar-refractivity contribution is 5.79. The highest BCUT2D eigenvalue weighted by Crippen LogP contribution is 2.22. The zero-order valence-corrected chi connectivity index (χ0v) is 10.0. The first-order valence-corrected chi connectivity index (χ1v) is 5.65. The predicted molar refractivity (Wildman–Crippen MR) is 67.0 cm³/mol. The molecule has 0 saturated heterocycles. The quantitative estimate of drug-likeness (QED) is 0.789. The molecule has 1 aromatic heterocycles. The molecule has 0 fully saturated rings. The van der Waals surface area contributed by atoms with Gasteiger partial charge in [0.15, 0.2) is 0 Å². The highest BCUT2D eigenvalue weighted by Gasteiger charge is 2.14. The van der Waals surface area contributed by atoms with Crippen molar-refractivity contribution in [3.05, 3.63) is 48.2 Å². The number of hydrogen-bond acceptors (Lipinski definition) is 2. The van der Waals surface area contributed by atoms with E-state index in [9.17, 15) is 4.79 Å². The first-order valence-electron chi connectivity index (χ1n) is 5.65. The van der Waals surface area contributed by atoms with E-state index < -0.39 is 0 Å². The first-order chi connectivity index (χ1) is 8.24. The lowest BCUT2D eigenvalue weighted by molar-refractivity contribution is 0.154. The van der Waals surface area contributed by atoms with E-state index in [2.05, 4.69) is 0 Å². The Kier molecular flexibility index (Phi) is 3.28. The maximum atomic E-state index is 11.9. The van der Waals surface area contributed by atoms with Crippen molar-refractivity contribution >= 4 is 6.09 Å². The minimum absolute atomic E-state index is 0.325. The van der Waals surface area contributed by atoms with Gasteiger partial charge in [-0.05, 0) is 31.5 Å². The molecule has 3 nitrogen and oxygen atoms in total. The standard InChI is InChI=1S/C14H15NO2/c1-3-17-14(16)15-11(2)9-10-13(15)12-7-5-4-6-8-12/h4-10H,3H2,1-2H3. The van der Waals surface area contributed by atoms with E-state index in [-0.39, 0.29) is 6.09 Å². The first kappa shape index (κ1) is 11.5. The summed E-state index contributed by atoms with van der Waals surface area (Å²) in [4.78, 5) is 11.9. The van der Waals surface area contributed by atoms with Crippen LogP contribution in [0, 0.1) is 6.92 Å². The second-order valence-electron chi connectivity index (χ2n) is 3.76. The van der Waals surface area contributed by atoms with Gasteiger partial charge in [0.1, 0.15) is 0 Å². The van der Waals surface area contributed by atoms with Crippen molar-refractivity contribution in [1.29, 1.82) is 0 Å². The molecular weight excluding hydrogens is 214 g/mol. The third-order valence-electron chi connectivity index (χ3n) is 2.60. The smallest absolute Gasteiger partial charge is 0.418 e. The summed E-state index contributed by atoms with van der Waals surface area (Å²) in [5, 5.41) is 0. The van der Waals surface area contributed by atoms with Gasteiger partial charge in [-0.2, -0.15) is 0 Å². The van der Waals surface area contributed by atoms with E-state index in [1.54, 1.807) is 11.5 Å². The number of aromatic nitrogens is 1. The molecule has 3 heteroatoms. The SMILES string of the molecule is CCOC(=O)n1c(C)ccc1-c1ccccc1. The molecule has 0 amide bonds. The van der Waals surface area contributed by atoms with Crippen molar-refractivity contribution < 1.29 is 9.53 Å². The van der Waals surface area contributed by atoms with Gasteiger partial charge in [0, 0.05) is 5.69 Å². The van der Waals surface area contributed by atoms with Crippen LogP contribution in [0.4, 0.5) is 4.79 Å². The molecule has 0 atom stereocenters. The Morgan fingerprint density at radius 3 is 2.53 bits per heavy atom. The lowest BCUT2D eigenvalue weighted by Crippen LogP contribution is -2.15. The minimum atomic E-state index is -0.325. The van der Waals surface area contributed by atoms with Gasteiger partial charge in [-0.15, -0.1) is 0 Å². The van der Waals surface area contributed by atoms with Crippen molar-refractivity contribution in [3.8, 4) is 11.3 Å². The summed E-state index contributed by atoms with van der Waals surface area (Å²) in [7, 11) is 0. The molecule has 1 aromatic carbocycles. The van der Waals surface area contributed by atoms with Gasteiger partial charge in [-0.3, -0.25) is 0 Å². The van der Waals surface area contributed by atoms with Crippen LogP contribution in [0.3, 0.4) is 0 Å². The van der Waals surface area contributed by atoms with E-state index in [1.807, 2.05) is 49.4 Å². The number of aryl methyl sites for hydroxylation is 1. The molecule has 17 heavy (non-hydrogen) atoms. The fourth-order valence-electron chi connectivity index (χ4n) is 1.80. The molecule has 0 N–H and O–H groups in total. The fourth-order valence-corrected chi connectivity index (χ4v) is 1.80. The number of rotatable bonds is 2. The maximum Gasteiger partial charge on any atom is 0.418 e. The average Bonchev–Trinajstić information content (AvgIpc) is 2.73. The summed E-state index contributed by atoms with van der Waals surface area (Å²) < 4.78 is 6.65. The van der Waals surface area contributed by atoms with Crippen LogP contribution in [0.1, 0.15) is 12.6 Å². The van der Waals surface area contributed by atoms with Crippen LogP contribution < -0.4 is 0 Å². The van der Waals surface area contributed by atoms with Crippen LogP contribution in [0.5, 0.6) is 0 Å². The number of ether oxygens (including phenoxy) is 1. The molecule has 1 heterocycles. The van der Waals surface area contributed by atoms with E-state index in [1.165, 1.54) is 0 Å². The summed E-state index contributed by atoms with van der Waals surface area (Å²) in [5.74, 6) is 0. The third-order valence-corrected chi connectivity index (χ3v) is 2.60. The number of carbonyl (C=O) groups is 1. The maximum absolute atomic E-state index is 11.9. The van der Waals surface area contributed by atoms with Crippen LogP contribution in [-0.4, -0.2) is 17.3 Å². The molecule has 0 aliphatic heterocycles. The summed E-state index contributed by atoms with van der Waals surface area (Å²) in [6, 6.07) is 13.7. The summed E-state index contributed by atoms with van der Waals surface area (Å²) >= 11 is 0. The Morgan fingerprint density at radius 1 is 1.18 bits per heavy atom. The van der Waals surface area contributed by atoms with E-state index in [0.29, 0.717) is 6.61 Å². The molecule has 0 saturated carbocycles. The summed E-state index contributed by atoms with van der Waals surface area (Å²) in [6.07, 6.45) is -0.325. The number of nitrogens with zero attached hydrogens (tertiary/aromatic N) is 1. The minimum Gasteiger partial charge on any atom is -0.449 e. The molecule has 0 aliphatic carbocycles. The lowest BCUT2D eigenvalue weighted by atomic mass is 10.1. The summed E-state index contributed by atoms with van der Waals surface area (Å²) in [6.45, 7) is 4.08. The van der Waals surface area contributed by atoms with Crippen molar-refractivity contribution in [2.45, 2.75) is 13.8 Å². The molecule has 0 bridgehead atoms. The molecule has 0 unspecified atom stereocenters. The fraction of sp³-hybridized carbons (Fsp3) is 0.214. The molecular formula is C14H15NO2. The number of carbonyl (C=O) groups excluding carboxylic acids is 1. The van der Waals surface area contributed by atoms with Crippen molar-refractivity contribution in [1.82, 2.24) is 4.57 Å². The van der Waals surface area contributed by atoms with Crippen LogP contribution >= 0.6 is 0 Å². The van der Waals surface area contributed by atoms with E-state index >= 15 is 0 Å². The van der Waals surface area contributed by atoms with E-state index in [0.717, 1.165) is 17.0 Å². The second kappa shape index (κ2) is 4.87. The molecule has 2 rings (SSSR count). The van der Waals surface area contributed by atoms with Crippen LogP contribution in [0.2, 0.25) is 0 Å². The normalized spacial score (nSPS) is 10.2. The van der Waals surface area contributed by atoms with Gasteiger partial charge < -0.3 is 4.74 Å². The zero-order valence-electron chi connectivity index (χ0n) is 10.0. The Labute approximate surface area is 101 Å². The monoisotopic (exact) mass is 229 g/mol. The Hall–Kier alpha value is -2.03. The van der Waals surface area contributed by atoms with Crippen LogP contribution in [0.25, 0.3) is 11.3 Å². The van der Waals surface area contributed by atoms with Crippen molar-refractivity contribution in [3.63, 3.8) is 0 Å². The van der Waals surface area contributed by atoms with Gasteiger partial charge in [0.05, 0.1) is 12.3 Å². The van der Waals surface area contributed by atoms with Crippen LogP contribution in [0.15, 0.2) is 42.5 Å². The number of hydrogen-bond donors (Lipinski definition) is 0. The summed E-state index contributed by atoms with van der Waals surface area (Å²) in [5.41, 5.74) is 2.75. The Bertz CT molecular complexity index is 514. The number of benzene rings is 1. The van der Waals surface area contributed by atoms with Gasteiger partial charge in [-0.1, -0.05) is 30.3 Å². The second-order valence-corrected chi connectivity index (χ2v) is 3.76. The predicted octanol–water partition coefficient (Wildman–Crippen LogP) is 3.47.